The molecule has 2 heterocycles. The SMILES string of the molecule is COc1ccc(CC(=O)N2CCCC3(C2)CN(c2ccccc2)C(=O)CO3)cc1. The summed E-state index contributed by atoms with van der Waals surface area (Å²) in [5.41, 5.74) is 1.33. The van der Waals surface area contributed by atoms with Crippen LogP contribution in [-0.4, -0.2) is 55.7 Å². The smallest absolute Gasteiger partial charge is 0.253 e. The van der Waals surface area contributed by atoms with Gasteiger partial charge in [0.2, 0.25) is 5.91 Å². The largest absolute Gasteiger partial charge is 0.497 e. The van der Waals surface area contributed by atoms with Gasteiger partial charge in [-0.1, -0.05) is 30.3 Å². The number of nitrogens with zero attached hydrogens (tertiary/aromatic N) is 2. The Morgan fingerprint density at radius 3 is 2.59 bits per heavy atom. The topological polar surface area (TPSA) is 59.1 Å². The highest BCUT2D eigenvalue weighted by Crippen LogP contribution is 2.32. The lowest BCUT2D eigenvalue weighted by molar-refractivity contribution is -0.153. The van der Waals surface area contributed by atoms with E-state index in [2.05, 4.69) is 0 Å². The molecule has 0 radical (unpaired) electrons. The van der Waals surface area contributed by atoms with Crippen molar-refractivity contribution in [3.8, 4) is 5.75 Å². The van der Waals surface area contributed by atoms with Crippen molar-refractivity contribution in [3.05, 3.63) is 60.2 Å². The Bertz CT molecular complexity index is 868. The Labute approximate surface area is 171 Å². The van der Waals surface area contributed by atoms with Gasteiger partial charge in [0.1, 0.15) is 18.0 Å². The summed E-state index contributed by atoms with van der Waals surface area (Å²) >= 11 is 0. The zero-order valence-electron chi connectivity index (χ0n) is 16.7. The lowest BCUT2D eigenvalue weighted by Gasteiger charge is -2.47. The summed E-state index contributed by atoms with van der Waals surface area (Å²) in [4.78, 5) is 29.0. The first kappa shape index (κ1) is 19.5. The predicted octanol–water partition coefficient (Wildman–Crippen LogP) is 2.66. The molecule has 6 heteroatoms. The van der Waals surface area contributed by atoms with Gasteiger partial charge in [-0.05, 0) is 42.7 Å². The van der Waals surface area contributed by atoms with Gasteiger partial charge in [-0.3, -0.25) is 9.59 Å². The van der Waals surface area contributed by atoms with Crippen molar-refractivity contribution in [2.24, 2.45) is 0 Å². The number of carbonyl (C=O) groups excluding carboxylic acids is 2. The Morgan fingerprint density at radius 2 is 1.86 bits per heavy atom. The van der Waals surface area contributed by atoms with Crippen molar-refractivity contribution in [1.29, 1.82) is 0 Å². The normalized spacial score (nSPS) is 22.0. The molecule has 1 spiro atoms. The Hall–Kier alpha value is -2.86. The van der Waals surface area contributed by atoms with Crippen LogP contribution in [0.5, 0.6) is 5.75 Å². The van der Waals surface area contributed by atoms with Crippen molar-refractivity contribution < 1.29 is 19.1 Å². The number of anilines is 1. The summed E-state index contributed by atoms with van der Waals surface area (Å²) in [7, 11) is 1.63. The van der Waals surface area contributed by atoms with Crippen LogP contribution in [0.3, 0.4) is 0 Å². The number of benzene rings is 2. The zero-order valence-corrected chi connectivity index (χ0v) is 16.7. The van der Waals surface area contributed by atoms with Crippen LogP contribution in [0, 0.1) is 0 Å². The molecule has 2 aliphatic rings. The summed E-state index contributed by atoms with van der Waals surface area (Å²) in [6, 6.07) is 17.2. The molecule has 1 unspecified atom stereocenters. The summed E-state index contributed by atoms with van der Waals surface area (Å²) in [5.74, 6) is 0.823. The maximum absolute atomic E-state index is 12.9. The molecule has 2 fully saturated rings. The highest BCUT2D eigenvalue weighted by atomic mass is 16.5. The van der Waals surface area contributed by atoms with E-state index in [0.717, 1.165) is 36.4 Å². The van der Waals surface area contributed by atoms with Crippen LogP contribution in [0.15, 0.2) is 54.6 Å². The highest BCUT2D eigenvalue weighted by molar-refractivity contribution is 5.95. The Kier molecular flexibility index (Phi) is 5.53. The number of amides is 2. The van der Waals surface area contributed by atoms with Gasteiger partial charge in [0.25, 0.3) is 5.91 Å². The van der Waals surface area contributed by atoms with Crippen LogP contribution in [0.1, 0.15) is 18.4 Å². The molecule has 2 aliphatic heterocycles. The first-order valence-electron chi connectivity index (χ1n) is 9.99. The monoisotopic (exact) mass is 394 g/mol. The van der Waals surface area contributed by atoms with E-state index in [0.29, 0.717) is 19.5 Å². The van der Waals surface area contributed by atoms with Gasteiger partial charge in [0.15, 0.2) is 0 Å². The minimum Gasteiger partial charge on any atom is -0.497 e. The molecule has 0 aliphatic carbocycles. The Balaban J connectivity index is 1.45. The molecule has 2 amide bonds. The van der Waals surface area contributed by atoms with Gasteiger partial charge >= 0.3 is 0 Å². The minimum atomic E-state index is -0.502. The second kappa shape index (κ2) is 8.25. The lowest BCUT2D eigenvalue weighted by Crippen LogP contribution is -2.62. The molecule has 2 aromatic rings. The first-order chi connectivity index (χ1) is 14.1. The third-order valence-electron chi connectivity index (χ3n) is 5.72. The van der Waals surface area contributed by atoms with Crippen molar-refractivity contribution in [2.75, 3.05) is 38.3 Å². The first-order valence-corrected chi connectivity index (χ1v) is 9.99. The standard InChI is InChI=1S/C23H26N2O4/c1-28-20-10-8-18(9-11-20)14-21(26)24-13-5-12-23(16-24)17-25(22(27)15-29-23)19-6-3-2-4-7-19/h2-4,6-11H,5,12-17H2,1H3. The molecule has 1 atom stereocenters. The molecule has 2 aromatic carbocycles. The number of para-hydroxylation sites is 1. The van der Waals surface area contributed by atoms with E-state index in [-0.39, 0.29) is 18.4 Å². The molecule has 0 aromatic heterocycles. The van der Waals surface area contributed by atoms with Crippen LogP contribution in [-0.2, 0) is 20.7 Å². The minimum absolute atomic E-state index is 0.0384. The number of hydrogen-bond donors (Lipinski definition) is 0. The van der Waals surface area contributed by atoms with Gasteiger partial charge in [-0.25, -0.2) is 0 Å². The fourth-order valence-electron chi connectivity index (χ4n) is 4.15. The molecule has 6 nitrogen and oxygen atoms in total. The number of methoxy groups -OCH3 is 1. The Morgan fingerprint density at radius 1 is 1.10 bits per heavy atom. The number of piperidine rings is 1. The third kappa shape index (κ3) is 4.27. The average Bonchev–Trinajstić information content (AvgIpc) is 2.77. The molecule has 0 N–H and O–H groups in total. The average molecular weight is 394 g/mol. The van der Waals surface area contributed by atoms with Crippen LogP contribution >= 0.6 is 0 Å². The summed E-state index contributed by atoms with van der Waals surface area (Å²) in [6.07, 6.45) is 2.06. The van der Waals surface area contributed by atoms with Crippen molar-refractivity contribution in [3.63, 3.8) is 0 Å². The van der Waals surface area contributed by atoms with Gasteiger partial charge in [-0.15, -0.1) is 0 Å². The van der Waals surface area contributed by atoms with Crippen LogP contribution in [0.2, 0.25) is 0 Å². The summed E-state index contributed by atoms with van der Waals surface area (Å²) in [5, 5.41) is 0. The molecule has 29 heavy (non-hydrogen) atoms. The summed E-state index contributed by atoms with van der Waals surface area (Å²) < 4.78 is 11.2. The van der Waals surface area contributed by atoms with E-state index in [1.54, 1.807) is 12.0 Å². The van der Waals surface area contributed by atoms with E-state index in [1.165, 1.54) is 0 Å². The van der Waals surface area contributed by atoms with E-state index in [9.17, 15) is 9.59 Å². The second-order valence-electron chi connectivity index (χ2n) is 7.73. The van der Waals surface area contributed by atoms with Crippen molar-refractivity contribution in [1.82, 2.24) is 4.90 Å². The van der Waals surface area contributed by atoms with E-state index >= 15 is 0 Å². The number of carbonyl (C=O) groups is 2. The van der Waals surface area contributed by atoms with Gasteiger partial charge in [0.05, 0.1) is 26.6 Å². The molecule has 0 bridgehead atoms. The fourth-order valence-corrected chi connectivity index (χ4v) is 4.15. The molecule has 4 rings (SSSR count). The van der Waals surface area contributed by atoms with Crippen LogP contribution in [0.25, 0.3) is 0 Å². The predicted molar refractivity (Wildman–Crippen MR) is 110 cm³/mol. The summed E-state index contributed by atoms with van der Waals surface area (Å²) in [6.45, 7) is 1.76. The second-order valence-corrected chi connectivity index (χ2v) is 7.73. The number of rotatable bonds is 4. The lowest BCUT2D eigenvalue weighted by atomic mass is 9.90. The maximum atomic E-state index is 12.9. The molecular weight excluding hydrogens is 368 g/mol. The number of likely N-dealkylation sites (tertiary alicyclic amines) is 1. The number of ether oxygens (including phenoxy) is 2. The van der Waals surface area contributed by atoms with Gasteiger partial charge in [0, 0.05) is 12.2 Å². The van der Waals surface area contributed by atoms with Crippen LogP contribution < -0.4 is 9.64 Å². The fraction of sp³-hybridized carbons (Fsp3) is 0.391. The molecular formula is C23H26N2O4. The molecule has 152 valence electrons. The third-order valence-corrected chi connectivity index (χ3v) is 5.72. The van der Waals surface area contributed by atoms with Crippen LogP contribution in [0.4, 0.5) is 5.69 Å². The molecule has 0 saturated carbocycles. The highest BCUT2D eigenvalue weighted by Gasteiger charge is 2.44. The van der Waals surface area contributed by atoms with Crippen molar-refractivity contribution >= 4 is 17.5 Å². The maximum Gasteiger partial charge on any atom is 0.253 e. The van der Waals surface area contributed by atoms with Crippen molar-refractivity contribution in [2.45, 2.75) is 24.9 Å². The van der Waals surface area contributed by atoms with E-state index in [1.807, 2.05) is 59.5 Å². The number of morpholine rings is 1. The van der Waals surface area contributed by atoms with E-state index in [4.69, 9.17) is 9.47 Å². The number of hydrogen-bond acceptors (Lipinski definition) is 4. The van der Waals surface area contributed by atoms with Gasteiger partial charge < -0.3 is 19.3 Å². The molecule has 2 saturated heterocycles. The zero-order chi connectivity index (χ0) is 20.3. The quantitative estimate of drug-likeness (QED) is 0.800. The van der Waals surface area contributed by atoms with Gasteiger partial charge in [-0.2, -0.15) is 0 Å². The van der Waals surface area contributed by atoms with E-state index < -0.39 is 5.60 Å².